The first-order valence-electron chi connectivity index (χ1n) is 4.70. The van der Waals surface area contributed by atoms with E-state index in [0.29, 0.717) is 5.65 Å². The Morgan fingerprint density at radius 1 is 1.31 bits per heavy atom. The summed E-state index contributed by atoms with van der Waals surface area (Å²) >= 11 is 0. The number of aromatic carboxylic acids is 1. The molecule has 0 aliphatic rings. The van der Waals surface area contributed by atoms with Gasteiger partial charge < -0.3 is 10.1 Å². The van der Waals surface area contributed by atoms with E-state index in [1.807, 2.05) is 0 Å². The Morgan fingerprint density at radius 2 is 2.19 bits per heavy atom. The Balaban J connectivity index is 2.41. The van der Waals surface area contributed by atoms with Crippen molar-refractivity contribution in [3.63, 3.8) is 0 Å². The molecule has 2 aromatic heterocycles. The highest BCUT2D eigenvalue weighted by atomic mass is 16.4. The van der Waals surface area contributed by atoms with Crippen LogP contribution >= 0.6 is 0 Å². The van der Waals surface area contributed by atoms with E-state index in [1.165, 1.54) is 6.33 Å². The van der Waals surface area contributed by atoms with Crippen LogP contribution in [0.1, 0.15) is 10.4 Å². The van der Waals surface area contributed by atoms with Crippen LogP contribution in [0.3, 0.4) is 0 Å². The average molecular weight is 213 g/mol. The maximum Gasteiger partial charge on any atom is 0.335 e. The predicted octanol–water partition coefficient (Wildman–Crippen LogP) is 1.81. The lowest BCUT2D eigenvalue weighted by molar-refractivity contribution is 0.0697. The molecular formula is C11H7N3O2. The highest BCUT2D eigenvalue weighted by molar-refractivity contribution is 6.07. The molecule has 0 amide bonds. The molecule has 3 rings (SSSR count). The molecule has 0 aliphatic heterocycles. The Labute approximate surface area is 89.8 Å². The molecule has 0 bridgehead atoms. The van der Waals surface area contributed by atoms with Crippen molar-refractivity contribution >= 4 is 27.9 Å². The fourth-order valence-electron chi connectivity index (χ4n) is 1.77. The lowest BCUT2D eigenvalue weighted by Crippen LogP contribution is -1.94. The highest BCUT2D eigenvalue weighted by Crippen LogP contribution is 2.23. The molecule has 78 valence electrons. The summed E-state index contributed by atoms with van der Waals surface area (Å²) in [5.41, 5.74) is 1.73. The van der Waals surface area contributed by atoms with Crippen molar-refractivity contribution in [2.75, 3.05) is 0 Å². The number of hydrogen-bond acceptors (Lipinski definition) is 3. The number of aromatic nitrogens is 3. The third-order valence-electron chi connectivity index (χ3n) is 2.52. The van der Waals surface area contributed by atoms with Gasteiger partial charge in [-0.2, -0.15) is 0 Å². The summed E-state index contributed by atoms with van der Waals surface area (Å²) < 4.78 is 0. The van der Waals surface area contributed by atoms with Gasteiger partial charge in [-0.15, -0.1) is 0 Å². The number of benzene rings is 1. The topological polar surface area (TPSA) is 78.9 Å². The maximum atomic E-state index is 10.8. The van der Waals surface area contributed by atoms with Crippen LogP contribution in [0.25, 0.3) is 21.9 Å². The number of fused-ring (bicyclic) bond motifs is 3. The standard InChI is InChI=1S/C11H7N3O2/c15-11(16)6-1-2-7-8-4-12-5-13-10(8)14-9(7)3-6/h1-5H,(H,15,16)(H,12,13,14). The molecule has 2 heterocycles. The number of nitrogens with zero attached hydrogens (tertiary/aromatic N) is 2. The van der Waals surface area contributed by atoms with Gasteiger partial charge in [-0.25, -0.2) is 14.8 Å². The highest BCUT2D eigenvalue weighted by Gasteiger charge is 2.08. The molecule has 0 spiro atoms. The van der Waals surface area contributed by atoms with E-state index in [0.717, 1.165) is 16.3 Å². The third-order valence-corrected chi connectivity index (χ3v) is 2.52. The molecule has 2 N–H and O–H groups in total. The fourth-order valence-corrected chi connectivity index (χ4v) is 1.77. The zero-order valence-corrected chi connectivity index (χ0v) is 8.14. The van der Waals surface area contributed by atoms with E-state index >= 15 is 0 Å². The van der Waals surface area contributed by atoms with E-state index in [2.05, 4.69) is 15.0 Å². The minimum Gasteiger partial charge on any atom is -0.478 e. The third kappa shape index (κ3) is 1.15. The van der Waals surface area contributed by atoms with Crippen LogP contribution in [0.4, 0.5) is 0 Å². The molecule has 1 aromatic carbocycles. The van der Waals surface area contributed by atoms with Gasteiger partial charge in [-0.3, -0.25) is 0 Å². The second kappa shape index (κ2) is 3.03. The number of H-pyrrole nitrogens is 1. The van der Waals surface area contributed by atoms with Crippen molar-refractivity contribution in [1.82, 2.24) is 15.0 Å². The van der Waals surface area contributed by atoms with Crippen LogP contribution < -0.4 is 0 Å². The number of nitrogens with one attached hydrogen (secondary N) is 1. The maximum absolute atomic E-state index is 10.8. The number of rotatable bonds is 1. The largest absolute Gasteiger partial charge is 0.478 e. The molecule has 3 aromatic rings. The Morgan fingerprint density at radius 3 is 3.00 bits per heavy atom. The van der Waals surface area contributed by atoms with E-state index in [9.17, 15) is 4.79 Å². The Kier molecular flexibility index (Phi) is 1.67. The van der Waals surface area contributed by atoms with Crippen LogP contribution in [-0.4, -0.2) is 26.0 Å². The van der Waals surface area contributed by atoms with Gasteiger partial charge in [0.2, 0.25) is 0 Å². The van der Waals surface area contributed by atoms with Gasteiger partial charge in [-0.1, -0.05) is 6.07 Å². The van der Waals surface area contributed by atoms with Gasteiger partial charge in [0.1, 0.15) is 12.0 Å². The number of carbonyl (C=O) groups is 1. The monoisotopic (exact) mass is 213 g/mol. The summed E-state index contributed by atoms with van der Waals surface area (Å²) in [7, 11) is 0. The van der Waals surface area contributed by atoms with Gasteiger partial charge >= 0.3 is 5.97 Å². The van der Waals surface area contributed by atoms with Crippen LogP contribution in [0.5, 0.6) is 0 Å². The second-order valence-electron chi connectivity index (χ2n) is 3.48. The first kappa shape index (κ1) is 8.84. The molecule has 0 aliphatic carbocycles. The molecule has 0 unspecified atom stereocenters. The van der Waals surface area contributed by atoms with Gasteiger partial charge in [-0.05, 0) is 12.1 Å². The Hall–Kier alpha value is -2.43. The normalized spacial score (nSPS) is 11.0. The molecule has 5 nitrogen and oxygen atoms in total. The summed E-state index contributed by atoms with van der Waals surface area (Å²) in [6.45, 7) is 0. The van der Waals surface area contributed by atoms with E-state index in [1.54, 1.807) is 24.4 Å². The number of aromatic amines is 1. The predicted molar refractivity (Wildman–Crippen MR) is 58.4 cm³/mol. The first-order chi connectivity index (χ1) is 7.75. The van der Waals surface area contributed by atoms with Crippen LogP contribution in [0.2, 0.25) is 0 Å². The lowest BCUT2D eigenvalue weighted by Gasteiger charge is -1.93. The number of hydrogen-bond donors (Lipinski definition) is 2. The van der Waals surface area contributed by atoms with Crippen molar-refractivity contribution in [3.8, 4) is 0 Å². The van der Waals surface area contributed by atoms with Gasteiger partial charge in [0, 0.05) is 22.5 Å². The van der Waals surface area contributed by atoms with Crippen LogP contribution in [0, 0.1) is 0 Å². The van der Waals surface area contributed by atoms with Crippen molar-refractivity contribution < 1.29 is 9.90 Å². The van der Waals surface area contributed by atoms with Crippen LogP contribution in [-0.2, 0) is 0 Å². The van der Waals surface area contributed by atoms with Gasteiger partial charge in [0.25, 0.3) is 0 Å². The SMILES string of the molecule is O=C(O)c1ccc2c(c1)[nH]c1ncncc12. The zero-order valence-electron chi connectivity index (χ0n) is 8.14. The summed E-state index contributed by atoms with van der Waals surface area (Å²) in [6.07, 6.45) is 3.16. The summed E-state index contributed by atoms with van der Waals surface area (Å²) in [5, 5.41) is 10.7. The number of carboxylic acids is 1. The van der Waals surface area contributed by atoms with Crippen molar-refractivity contribution in [2.24, 2.45) is 0 Å². The average Bonchev–Trinajstić information content (AvgIpc) is 2.66. The molecule has 16 heavy (non-hydrogen) atoms. The molecule has 0 fully saturated rings. The lowest BCUT2D eigenvalue weighted by atomic mass is 10.1. The van der Waals surface area contributed by atoms with Crippen molar-refractivity contribution in [2.45, 2.75) is 0 Å². The molecular weight excluding hydrogens is 206 g/mol. The summed E-state index contributed by atoms with van der Waals surface area (Å²) in [5.74, 6) is -0.938. The smallest absolute Gasteiger partial charge is 0.335 e. The number of carboxylic acid groups (broad SMARTS) is 1. The molecule has 0 atom stereocenters. The molecule has 5 heteroatoms. The van der Waals surface area contributed by atoms with E-state index in [4.69, 9.17) is 5.11 Å². The molecule has 0 radical (unpaired) electrons. The van der Waals surface area contributed by atoms with E-state index in [-0.39, 0.29) is 5.56 Å². The van der Waals surface area contributed by atoms with Crippen molar-refractivity contribution in [3.05, 3.63) is 36.3 Å². The molecule has 0 saturated carbocycles. The van der Waals surface area contributed by atoms with Crippen LogP contribution in [0.15, 0.2) is 30.7 Å². The minimum absolute atomic E-state index is 0.256. The zero-order chi connectivity index (χ0) is 11.1. The summed E-state index contributed by atoms with van der Waals surface area (Å²) in [4.78, 5) is 21.9. The summed E-state index contributed by atoms with van der Waals surface area (Å²) in [6, 6.07) is 4.94. The minimum atomic E-state index is -0.938. The van der Waals surface area contributed by atoms with Gasteiger partial charge in [0.15, 0.2) is 0 Å². The fraction of sp³-hybridized carbons (Fsp3) is 0. The van der Waals surface area contributed by atoms with Crippen molar-refractivity contribution in [1.29, 1.82) is 0 Å². The van der Waals surface area contributed by atoms with E-state index < -0.39 is 5.97 Å². The molecule has 0 saturated heterocycles. The Bertz CT molecular complexity index is 703. The quantitative estimate of drug-likeness (QED) is 0.646. The van der Waals surface area contributed by atoms with Gasteiger partial charge in [0.05, 0.1) is 5.56 Å². The first-order valence-corrected chi connectivity index (χ1v) is 4.70. The second-order valence-corrected chi connectivity index (χ2v) is 3.48.